The molecule has 0 spiro atoms. The fourth-order valence-electron chi connectivity index (χ4n) is 2.69. The third-order valence-electron chi connectivity index (χ3n) is 4.43. The van der Waals surface area contributed by atoms with E-state index in [-0.39, 0.29) is 22.2 Å². The quantitative estimate of drug-likeness (QED) is 0.274. The number of ether oxygens (including phenoxy) is 3. The number of esters is 2. The van der Waals surface area contributed by atoms with Crippen molar-refractivity contribution in [3.8, 4) is 11.4 Å². The van der Waals surface area contributed by atoms with Gasteiger partial charge < -0.3 is 14.2 Å². The highest BCUT2D eigenvalue weighted by Crippen LogP contribution is 2.30. The summed E-state index contributed by atoms with van der Waals surface area (Å²) in [5.41, 5.74) is -2.30. The Morgan fingerprint density at radius 3 is 2.26 bits per heavy atom. The summed E-state index contributed by atoms with van der Waals surface area (Å²) in [4.78, 5) is 60.3. The van der Waals surface area contributed by atoms with Crippen LogP contribution in [-0.2, 0) is 38.0 Å². The SMILES string of the molecule is CCOC(=O)CC(=O)COC(=O)C(C)Oc1cc(-n2c(=O)n(C)c(=S)n(C)c2=O)c(F)cc1Cl. The number of hydrogen-bond donors (Lipinski definition) is 0. The molecule has 0 radical (unpaired) electrons. The molecule has 1 heterocycles. The normalized spacial score (nSPS) is 11.6. The molecule has 0 amide bonds. The van der Waals surface area contributed by atoms with Gasteiger partial charge in [0.15, 0.2) is 23.3 Å². The van der Waals surface area contributed by atoms with Crippen LogP contribution >= 0.6 is 23.8 Å². The molecule has 0 saturated heterocycles. The van der Waals surface area contributed by atoms with Gasteiger partial charge in [-0.15, -0.1) is 0 Å². The van der Waals surface area contributed by atoms with Crippen LogP contribution in [0.1, 0.15) is 20.3 Å². The van der Waals surface area contributed by atoms with Crippen molar-refractivity contribution in [2.24, 2.45) is 14.1 Å². The maximum atomic E-state index is 14.7. The summed E-state index contributed by atoms with van der Waals surface area (Å²) >= 11 is 11.0. The molecule has 0 bridgehead atoms. The Labute approximate surface area is 202 Å². The number of Topliss-reactive ketones (excluding diaryl/α,β-unsaturated/α-hetero) is 1. The molecule has 0 aliphatic heterocycles. The summed E-state index contributed by atoms with van der Waals surface area (Å²) in [5, 5.41) is -0.256. The molecule has 184 valence electrons. The zero-order chi connectivity index (χ0) is 25.7. The van der Waals surface area contributed by atoms with E-state index in [9.17, 15) is 28.4 Å². The van der Waals surface area contributed by atoms with Crippen molar-refractivity contribution in [3.05, 3.63) is 48.7 Å². The molecule has 1 aromatic carbocycles. The molecule has 0 saturated carbocycles. The zero-order valence-electron chi connectivity index (χ0n) is 18.6. The second-order valence-corrected chi connectivity index (χ2v) is 7.70. The van der Waals surface area contributed by atoms with Gasteiger partial charge >= 0.3 is 23.3 Å². The first-order chi connectivity index (χ1) is 15.9. The molecule has 11 nitrogen and oxygen atoms in total. The maximum absolute atomic E-state index is 14.7. The number of nitrogens with zero attached hydrogens (tertiary/aromatic N) is 3. The van der Waals surface area contributed by atoms with Gasteiger partial charge in [0.05, 0.1) is 17.3 Å². The van der Waals surface area contributed by atoms with E-state index in [1.807, 2.05) is 0 Å². The van der Waals surface area contributed by atoms with Crippen molar-refractivity contribution in [1.82, 2.24) is 13.7 Å². The van der Waals surface area contributed by atoms with E-state index in [0.29, 0.717) is 4.57 Å². The van der Waals surface area contributed by atoms with E-state index in [1.165, 1.54) is 21.0 Å². The lowest BCUT2D eigenvalue weighted by molar-refractivity contribution is -0.156. The monoisotopic (exact) mass is 517 g/mol. The van der Waals surface area contributed by atoms with Crippen LogP contribution in [0.3, 0.4) is 0 Å². The van der Waals surface area contributed by atoms with Crippen molar-refractivity contribution < 1.29 is 33.0 Å². The third-order valence-corrected chi connectivity index (χ3v) is 5.27. The van der Waals surface area contributed by atoms with Crippen LogP contribution in [-0.4, -0.2) is 50.7 Å². The number of rotatable bonds is 9. The number of aromatic nitrogens is 3. The summed E-state index contributed by atoms with van der Waals surface area (Å²) in [6.07, 6.45) is -1.88. The Morgan fingerprint density at radius 2 is 1.71 bits per heavy atom. The summed E-state index contributed by atoms with van der Waals surface area (Å²) in [7, 11) is 2.63. The molecular weight excluding hydrogens is 497 g/mol. The van der Waals surface area contributed by atoms with Crippen LogP contribution in [0, 0.1) is 10.6 Å². The third kappa shape index (κ3) is 5.97. The fraction of sp³-hybridized carbons (Fsp3) is 0.400. The van der Waals surface area contributed by atoms with Crippen LogP contribution in [0.25, 0.3) is 5.69 Å². The standard InChI is InChI=1S/C20H21ClFN3O8S/c1-5-31-16(27)6-11(26)9-32-17(28)10(2)33-15-8-14(13(22)7-12(15)21)25-18(29)23(3)20(34)24(4)19(25)30/h7-8,10H,5-6,9H2,1-4H3. The highest BCUT2D eigenvalue weighted by atomic mass is 35.5. The van der Waals surface area contributed by atoms with E-state index in [0.717, 1.165) is 21.3 Å². The van der Waals surface area contributed by atoms with E-state index in [1.54, 1.807) is 6.92 Å². The molecule has 34 heavy (non-hydrogen) atoms. The summed E-state index contributed by atoms with van der Waals surface area (Å²) in [6, 6.07) is 1.78. The lowest BCUT2D eigenvalue weighted by Gasteiger charge is -2.17. The van der Waals surface area contributed by atoms with Gasteiger partial charge in [0.25, 0.3) is 0 Å². The lowest BCUT2D eigenvalue weighted by atomic mass is 10.2. The topological polar surface area (TPSA) is 128 Å². The molecule has 0 aliphatic rings. The predicted molar refractivity (Wildman–Crippen MR) is 119 cm³/mol. The minimum Gasteiger partial charge on any atom is -0.477 e. The molecule has 2 rings (SSSR count). The highest BCUT2D eigenvalue weighted by Gasteiger charge is 2.23. The summed E-state index contributed by atoms with van der Waals surface area (Å²) in [6.45, 7) is 2.26. The minimum atomic E-state index is -1.32. The maximum Gasteiger partial charge on any atom is 0.347 e. The van der Waals surface area contributed by atoms with E-state index < -0.39 is 59.7 Å². The van der Waals surface area contributed by atoms with Gasteiger partial charge in [-0.25, -0.2) is 23.3 Å². The molecule has 0 fully saturated rings. The van der Waals surface area contributed by atoms with Crippen LogP contribution < -0.4 is 16.1 Å². The average Bonchev–Trinajstić information content (AvgIpc) is 2.77. The highest BCUT2D eigenvalue weighted by molar-refractivity contribution is 7.71. The van der Waals surface area contributed by atoms with Crippen molar-refractivity contribution in [2.45, 2.75) is 26.4 Å². The van der Waals surface area contributed by atoms with Gasteiger partial charge in [-0.3, -0.25) is 18.7 Å². The molecular formula is C20H21ClFN3O8S. The van der Waals surface area contributed by atoms with Gasteiger partial charge in [0.1, 0.15) is 18.0 Å². The number of ketones is 1. The second-order valence-electron chi connectivity index (χ2n) is 6.92. The van der Waals surface area contributed by atoms with Gasteiger partial charge in [-0.2, -0.15) is 0 Å². The Balaban J connectivity index is 2.27. The van der Waals surface area contributed by atoms with E-state index in [2.05, 4.69) is 4.74 Å². The Morgan fingerprint density at radius 1 is 1.12 bits per heavy atom. The van der Waals surface area contributed by atoms with Crippen molar-refractivity contribution in [2.75, 3.05) is 13.2 Å². The van der Waals surface area contributed by atoms with Crippen molar-refractivity contribution in [1.29, 1.82) is 0 Å². The second kappa shape index (κ2) is 11.2. The van der Waals surface area contributed by atoms with Crippen LogP contribution in [0.2, 0.25) is 5.02 Å². The smallest absolute Gasteiger partial charge is 0.347 e. The molecule has 1 atom stereocenters. The first-order valence-electron chi connectivity index (χ1n) is 9.78. The number of carbonyl (C=O) groups is 3. The summed E-state index contributed by atoms with van der Waals surface area (Å²) < 4.78 is 31.9. The van der Waals surface area contributed by atoms with Gasteiger partial charge in [0, 0.05) is 20.2 Å². The molecule has 0 N–H and O–H groups in total. The zero-order valence-corrected chi connectivity index (χ0v) is 20.2. The van der Waals surface area contributed by atoms with Crippen LogP contribution in [0.4, 0.5) is 4.39 Å². The van der Waals surface area contributed by atoms with Crippen LogP contribution in [0.5, 0.6) is 5.75 Å². The van der Waals surface area contributed by atoms with E-state index in [4.69, 9.17) is 33.3 Å². The molecule has 2 aromatic rings. The largest absolute Gasteiger partial charge is 0.477 e. The number of carbonyl (C=O) groups excluding carboxylic acids is 3. The summed E-state index contributed by atoms with van der Waals surface area (Å²) in [5.74, 6) is -3.66. The van der Waals surface area contributed by atoms with E-state index >= 15 is 0 Å². The fourth-order valence-corrected chi connectivity index (χ4v) is 3.04. The lowest BCUT2D eigenvalue weighted by Crippen LogP contribution is -2.43. The molecule has 0 aliphatic carbocycles. The van der Waals surface area contributed by atoms with Gasteiger partial charge in [-0.05, 0) is 32.1 Å². The number of benzene rings is 1. The Kier molecular flexibility index (Phi) is 8.87. The number of hydrogen-bond acceptors (Lipinski definition) is 9. The number of halogens is 2. The van der Waals surface area contributed by atoms with Crippen molar-refractivity contribution in [3.63, 3.8) is 0 Å². The van der Waals surface area contributed by atoms with Crippen molar-refractivity contribution >= 4 is 41.5 Å². The van der Waals surface area contributed by atoms with Gasteiger partial charge in [0.2, 0.25) is 0 Å². The minimum absolute atomic E-state index is 0.0778. The average molecular weight is 518 g/mol. The van der Waals surface area contributed by atoms with Crippen LogP contribution in [0.15, 0.2) is 21.7 Å². The predicted octanol–water partition coefficient (Wildman–Crippen LogP) is 1.23. The Bertz CT molecular complexity index is 1280. The molecule has 1 unspecified atom stereocenters. The molecule has 1 aromatic heterocycles. The van der Waals surface area contributed by atoms with Gasteiger partial charge in [-0.1, -0.05) is 11.6 Å². The Hall–Kier alpha value is -3.32. The first kappa shape index (κ1) is 26.9. The first-order valence-corrected chi connectivity index (χ1v) is 10.6. The molecule has 14 heteroatoms.